The number of hydrogen-bond acceptors (Lipinski definition) is 5. The number of amides is 2. The van der Waals surface area contributed by atoms with E-state index < -0.39 is 16.1 Å². The number of ether oxygens (including phenoxy) is 1. The van der Waals surface area contributed by atoms with Crippen molar-refractivity contribution in [1.82, 2.24) is 10.2 Å². The highest BCUT2D eigenvalue weighted by atomic mass is 32.2. The number of methoxy groups -OCH3 is 1. The molecule has 186 valence electrons. The van der Waals surface area contributed by atoms with E-state index >= 15 is 0 Å². The molecule has 0 saturated heterocycles. The van der Waals surface area contributed by atoms with Gasteiger partial charge in [-0.1, -0.05) is 24.3 Å². The van der Waals surface area contributed by atoms with E-state index in [9.17, 15) is 18.0 Å². The van der Waals surface area contributed by atoms with Crippen molar-refractivity contribution in [3.8, 4) is 5.75 Å². The van der Waals surface area contributed by atoms with Gasteiger partial charge < -0.3 is 15.0 Å². The second-order valence-electron chi connectivity index (χ2n) is 8.39. The predicted molar refractivity (Wildman–Crippen MR) is 134 cm³/mol. The number of likely N-dealkylation sites (N-methyl/N-ethyl adjacent to an activating group) is 1. The zero-order valence-corrected chi connectivity index (χ0v) is 21.6. The molecule has 0 aliphatic heterocycles. The Morgan fingerprint density at radius 1 is 1.12 bits per heavy atom. The molecule has 8 nitrogen and oxygen atoms in total. The molecule has 9 heteroatoms. The Morgan fingerprint density at radius 3 is 2.44 bits per heavy atom. The zero-order valence-electron chi connectivity index (χ0n) is 20.8. The number of rotatable bonds is 11. The molecule has 2 amide bonds. The predicted octanol–water partition coefficient (Wildman–Crippen LogP) is 3.02. The summed E-state index contributed by atoms with van der Waals surface area (Å²) in [4.78, 5) is 27.0. The lowest BCUT2D eigenvalue weighted by Crippen LogP contribution is -2.46. The van der Waals surface area contributed by atoms with E-state index in [2.05, 4.69) is 5.32 Å². The Hall–Kier alpha value is -3.07. The van der Waals surface area contributed by atoms with Crippen LogP contribution in [0, 0.1) is 13.8 Å². The minimum atomic E-state index is -3.53. The first kappa shape index (κ1) is 27.2. The maximum Gasteiger partial charge on any atom is 0.242 e. The number of hydrogen-bond donors (Lipinski definition) is 1. The average Bonchev–Trinajstić information content (AvgIpc) is 2.80. The van der Waals surface area contributed by atoms with Gasteiger partial charge in [-0.2, -0.15) is 0 Å². The summed E-state index contributed by atoms with van der Waals surface area (Å²) in [6.07, 6.45) is 1.58. The molecule has 0 bridgehead atoms. The van der Waals surface area contributed by atoms with E-state index in [1.165, 1.54) is 22.5 Å². The fourth-order valence-corrected chi connectivity index (χ4v) is 4.74. The van der Waals surface area contributed by atoms with Crippen LogP contribution in [0.1, 0.15) is 36.5 Å². The molecule has 0 aliphatic rings. The van der Waals surface area contributed by atoms with Crippen LogP contribution in [0.5, 0.6) is 5.75 Å². The molecule has 2 aromatic rings. The summed E-state index contributed by atoms with van der Waals surface area (Å²) < 4.78 is 31.6. The lowest BCUT2D eigenvalue weighted by molar-refractivity contribution is -0.140. The van der Waals surface area contributed by atoms with Crippen molar-refractivity contribution in [2.45, 2.75) is 46.2 Å². The standard InChI is InChI=1S/C25H35N3O5S/c1-18-12-13-19(2)23(15-18)28(34(6,31)32)14-8-11-24(29)27(20(3)25(30)26-4)17-21-9-7-10-22(16-21)33-5/h7,9-10,12-13,15-16,20H,8,11,14,17H2,1-6H3,(H,26,30)/t20-/m0/s1. The van der Waals surface area contributed by atoms with Gasteiger partial charge in [0.15, 0.2) is 0 Å². The summed E-state index contributed by atoms with van der Waals surface area (Å²) in [6, 6.07) is 12.3. The molecule has 0 spiro atoms. The molecular weight excluding hydrogens is 454 g/mol. The molecule has 0 radical (unpaired) electrons. The van der Waals surface area contributed by atoms with Crippen molar-refractivity contribution in [2.24, 2.45) is 0 Å². The first-order valence-corrected chi connectivity index (χ1v) is 13.0. The highest BCUT2D eigenvalue weighted by molar-refractivity contribution is 7.92. The van der Waals surface area contributed by atoms with Gasteiger partial charge in [0.2, 0.25) is 21.8 Å². The van der Waals surface area contributed by atoms with Crippen LogP contribution in [0.15, 0.2) is 42.5 Å². The van der Waals surface area contributed by atoms with Gasteiger partial charge in [0, 0.05) is 26.6 Å². The number of nitrogens with zero attached hydrogens (tertiary/aromatic N) is 2. The van der Waals surface area contributed by atoms with Gasteiger partial charge in [0.1, 0.15) is 11.8 Å². The SMILES string of the molecule is CNC(=O)[C@H](C)N(Cc1cccc(OC)c1)C(=O)CCCN(c1cc(C)ccc1C)S(C)(=O)=O. The van der Waals surface area contributed by atoms with Gasteiger partial charge in [-0.3, -0.25) is 13.9 Å². The van der Waals surface area contributed by atoms with Crippen LogP contribution in [-0.2, 0) is 26.2 Å². The summed E-state index contributed by atoms with van der Waals surface area (Å²) in [5.41, 5.74) is 3.24. The van der Waals surface area contributed by atoms with Crippen molar-refractivity contribution < 1.29 is 22.7 Å². The van der Waals surface area contributed by atoms with Crippen molar-refractivity contribution >= 4 is 27.5 Å². The van der Waals surface area contributed by atoms with E-state index in [1.807, 2.05) is 56.3 Å². The number of anilines is 1. The summed E-state index contributed by atoms with van der Waals surface area (Å²) >= 11 is 0. The van der Waals surface area contributed by atoms with E-state index in [0.29, 0.717) is 17.9 Å². The molecule has 1 N–H and O–H groups in total. The number of carbonyl (C=O) groups excluding carboxylic acids is 2. The first-order chi connectivity index (χ1) is 16.0. The summed E-state index contributed by atoms with van der Waals surface area (Å²) in [5.74, 6) is 0.160. The smallest absolute Gasteiger partial charge is 0.242 e. The van der Waals surface area contributed by atoms with Crippen LogP contribution in [-0.4, -0.2) is 58.1 Å². The maximum absolute atomic E-state index is 13.2. The van der Waals surface area contributed by atoms with Crippen LogP contribution >= 0.6 is 0 Å². The number of aryl methyl sites for hydroxylation is 2. The molecule has 2 aromatic carbocycles. The monoisotopic (exact) mass is 489 g/mol. The summed E-state index contributed by atoms with van der Waals surface area (Å²) in [6.45, 7) is 5.84. The Kier molecular flexibility index (Phi) is 9.49. The Labute approximate surface area is 202 Å². The highest BCUT2D eigenvalue weighted by Crippen LogP contribution is 2.25. The third-order valence-corrected chi connectivity index (χ3v) is 6.87. The van der Waals surface area contributed by atoms with Gasteiger partial charge in [-0.25, -0.2) is 8.42 Å². The van der Waals surface area contributed by atoms with E-state index in [4.69, 9.17) is 4.74 Å². The van der Waals surface area contributed by atoms with Gasteiger partial charge >= 0.3 is 0 Å². The molecule has 1 atom stereocenters. The largest absolute Gasteiger partial charge is 0.497 e. The quantitative estimate of drug-likeness (QED) is 0.523. The van der Waals surface area contributed by atoms with Crippen LogP contribution < -0.4 is 14.4 Å². The first-order valence-electron chi connectivity index (χ1n) is 11.2. The third kappa shape index (κ3) is 7.21. The van der Waals surface area contributed by atoms with Crippen molar-refractivity contribution in [1.29, 1.82) is 0 Å². The number of nitrogens with one attached hydrogen (secondary N) is 1. The van der Waals surface area contributed by atoms with Crippen molar-refractivity contribution in [2.75, 3.05) is 31.3 Å². The third-order valence-electron chi connectivity index (χ3n) is 5.69. The van der Waals surface area contributed by atoms with Crippen molar-refractivity contribution in [3.05, 3.63) is 59.2 Å². The minimum absolute atomic E-state index is 0.0994. The fourth-order valence-electron chi connectivity index (χ4n) is 3.73. The molecule has 0 aromatic heterocycles. The van der Waals surface area contributed by atoms with E-state index in [1.54, 1.807) is 14.0 Å². The Balaban J connectivity index is 2.19. The van der Waals surface area contributed by atoms with Crippen LogP contribution in [0.2, 0.25) is 0 Å². The summed E-state index contributed by atoms with van der Waals surface area (Å²) in [5, 5.41) is 2.59. The molecule has 0 fully saturated rings. The number of carbonyl (C=O) groups is 2. The molecule has 0 unspecified atom stereocenters. The molecule has 0 saturated carbocycles. The summed E-state index contributed by atoms with van der Waals surface area (Å²) in [7, 11) is -0.438. The average molecular weight is 490 g/mol. The lowest BCUT2D eigenvalue weighted by atomic mass is 10.1. The number of benzene rings is 2. The topological polar surface area (TPSA) is 96.0 Å². The van der Waals surface area contributed by atoms with Gasteiger partial charge in [-0.15, -0.1) is 0 Å². The number of sulfonamides is 1. The Bertz CT molecular complexity index is 1120. The highest BCUT2D eigenvalue weighted by Gasteiger charge is 2.26. The van der Waals surface area contributed by atoms with Crippen LogP contribution in [0.3, 0.4) is 0 Å². The maximum atomic E-state index is 13.2. The fraction of sp³-hybridized carbons (Fsp3) is 0.440. The molecular formula is C25H35N3O5S. The van der Waals surface area contributed by atoms with Gasteiger partial charge in [0.05, 0.1) is 19.1 Å². The van der Waals surface area contributed by atoms with Gasteiger partial charge in [-0.05, 0) is 62.1 Å². The normalized spacial score (nSPS) is 12.1. The second-order valence-corrected chi connectivity index (χ2v) is 10.3. The van der Waals surface area contributed by atoms with E-state index in [0.717, 1.165) is 16.7 Å². The molecule has 0 aliphatic carbocycles. The molecule has 2 rings (SSSR count). The van der Waals surface area contributed by atoms with Crippen LogP contribution in [0.4, 0.5) is 5.69 Å². The van der Waals surface area contributed by atoms with Crippen LogP contribution in [0.25, 0.3) is 0 Å². The lowest BCUT2D eigenvalue weighted by Gasteiger charge is -2.29. The Morgan fingerprint density at radius 2 is 1.82 bits per heavy atom. The zero-order chi connectivity index (χ0) is 25.5. The molecule has 34 heavy (non-hydrogen) atoms. The molecule has 0 heterocycles. The minimum Gasteiger partial charge on any atom is -0.497 e. The van der Waals surface area contributed by atoms with Crippen molar-refractivity contribution in [3.63, 3.8) is 0 Å². The van der Waals surface area contributed by atoms with E-state index in [-0.39, 0.29) is 31.3 Å². The second kappa shape index (κ2) is 11.9. The van der Waals surface area contributed by atoms with Gasteiger partial charge in [0.25, 0.3) is 0 Å².